The minimum Gasteiger partial charge on any atom is -0.348 e. The number of hydrogen-bond donors (Lipinski definition) is 0. The molecule has 3 aromatic rings. The minimum absolute atomic E-state index is 0.00423. The van der Waals surface area contributed by atoms with Crippen molar-refractivity contribution in [3.05, 3.63) is 41.7 Å². The molecule has 0 spiro atoms. The summed E-state index contributed by atoms with van der Waals surface area (Å²) in [5.74, 6) is -0.126. The molecule has 0 radical (unpaired) electrons. The Hall–Kier alpha value is -2.62. The maximum absolute atomic E-state index is 13.2. The van der Waals surface area contributed by atoms with E-state index < -0.39 is 11.7 Å². The number of benzene rings is 1. The average Bonchev–Trinajstić information content (AvgIpc) is 3.32. The molecule has 0 N–H and O–H groups in total. The molecule has 0 aliphatic carbocycles. The third kappa shape index (κ3) is 3.81. The first kappa shape index (κ1) is 19.7. The summed E-state index contributed by atoms with van der Waals surface area (Å²) in [4.78, 5) is 20.6. The second kappa shape index (κ2) is 7.33. The van der Waals surface area contributed by atoms with Gasteiger partial charge in [-0.2, -0.15) is 18.3 Å². The highest BCUT2D eigenvalue weighted by molar-refractivity contribution is 7.22. The quantitative estimate of drug-likeness (QED) is 0.643. The van der Waals surface area contributed by atoms with Gasteiger partial charge < -0.3 is 9.80 Å². The van der Waals surface area contributed by atoms with Crippen LogP contribution in [0.1, 0.15) is 28.9 Å². The first-order valence-electron chi connectivity index (χ1n) is 9.22. The molecule has 2 aromatic heterocycles. The molecule has 1 amide bonds. The second-order valence-electron chi connectivity index (χ2n) is 7.16. The lowest BCUT2D eigenvalue weighted by Crippen LogP contribution is -2.45. The minimum atomic E-state index is -4.42. The van der Waals surface area contributed by atoms with Gasteiger partial charge in [-0.1, -0.05) is 17.4 Å². The topological polar surface area (TPSA) is 54.3 Å². The summed E-state index contributed by atoms with van der Waals surface area (Å²) in [5, 5.41) is 4.75. The zero-order valence-electron chi connectivity index (χ0n) is 16.0. The Morgan fingerprint density at radius 3 is 2.59 bits per heavy atom. The van der Waals surface area contributed by atoms with Crippen molar-refractivity contribution in [1.82, 2.24) is 19.7 Å². The van der Waals surface area contributed by atoms with Gasteiger partial charge in [0.15, 0.2) is 5.13 Å². The molecular weight excluding hydrogens is 403 g/mol. The van der Waals surface area contributed by atoms with E-state index in [2.05, 4.69) is 10.1 Å². The molecule has 154 valence electrons. The van der Waals surface area contributed by atoms with Crippen LogP contribution in [0.25, 0.3) is 10.2 Å². The number of fused-ring (bicyclic) bond motifs is 1. The number of halogens is 3. The number of alkyl halides is 3. The van der Waals surface area contributed by atoms with Crippen LogP contribution >= 0.6 is 11.3 Å². The molecule has 0 unspecified atom stereocenters. The van der Waals surface area contributed by atoms with Crippen LogP contribution in [0.5, 0.6) is 0 Å². The van der Waals surface area contributed by atoms with Crippen LogP contribution < -0.4 is 4.90 Å². The number of amides is 1. The van der Waals surface area contributed by atoms with E-state index in [0.29, 0.717) is 28.6 Å². The van der Waals surface area contributed by atoms with Crippen molar-refractivity contribution in [2.75, 3.05) is 25.0 Å². The fraction of sp³-hybridized carbons (Fsp3) is 0.421. The molecule has 6 nitrogen and oxygen atoms in total. The lowest BCUT2D eigenvalue weighted by molar-refractivity contribution is -0.136. The van der Waals surface area contributed by atoms with Crippen molar-refractivity contribution in [2.45, 2.75) is 25.1 Å². The van der Waals surface area contributed by atoms with E-state index in [4.69, 9.17) is 0 Å². The van der Waals surface area contributed by atoms with Gasteiger partial charge in [0.1, 0.15) is 5.69 Å². The SMILES string of the molecule is CN(C(=O)c1ccn(C)n1)C1CCN(c2nc3c(C(F)(F)F)cccc3s2)CC1. The smallest absolute Gasteiger partial charge is 0.348 e. The van der Waals surface area contributed by atoms with Gasteiger partial charge in [0.05, 0.1) is 15.8 Å². The van der Waals surface area contributed by atoms with Crippen LogP contribution in [0.2, 0.25) is 0 Å². The summed E-state index contributed by atoms with van der Waals surface area (Å²) in [6.45, 7) is 1.26. The van der Waals surface area contributed by atoms with Crippen LogP contribution in [0, 0.1) is 0 Å². The normalized spacial score (nSPS) is 15.8. The Morgan fingerprint density at radius 1 is 1.24 bits per heavy atom. The maximum atomic E-state index is 13.2. The lowest BCUT2D eigenvalue weighted by atomic mass is 10.0. The van der Waals surface area contributed by atoms with E-state index >= 15 is 0 Å². The van der Waals surface area contributed by atoms with Gasteiger partial charge >= 0.3 is 6.18 Å². The molecule has 1 aliphatic heterocycles. The van der Waals surface area contributed by atoms with Gasteiger partial charge in [0, 0.05) is 39.4 Å². The number of anilines is 1. The number of aromatic nitrogens is 3. The highest BCUT2D eigenvalue weighted by atomic mass is 32.1. The molecule has 10 heteroatoms. The Balaban J connectivity index is 1.46. The molecule has 1 aromatic carbocycles. The maximum Gasteiger partial charge on any atom is 0.418 e. The van der Waals surface area contributed by atoms with Crippen molar-refractivity contribution >= 4 is 32.6 Å². The Labute approximate surface area is 169 Å². The van der Waals surface area contributed by atoms with Crippen LogP contribution in [-0.4, -0.2) is 51.8 Å². The van der Waals surface area contributed by atoms with Gasteiger partial charge in [-0.3, -0.25) is 9.48 Å². The number of nitrogens with zero attached hydrogens (tertiary/aromatic N) is 5. The molecule has 0 saturated carbocycles. The summed E-state index contributed by atoms with van der Waals surface area (Å²) in [6, 6.07) is 5.89. The summed E-state index contributed by atoms with van der Waals surface area (Å²) in [7, 11) is 3.53. The largest absolute Gasteiger partial charge is 0.418 e. The van der Waals surface area contributed by atoms with Crippen molar-refractivity contribution in [3.8, 4) is 0 Å². The van der Waals surface area contributed by atoms with Crippen molar-refractivity contribution < 1.29 is 18.0 Å². The van der Waals surface area contributed by atoms with Gasteiger partial charge in [-0.15, -0.1) is 0 Å². The number of thiazole rings is 1. The molecule has 1 fully saturated rings. The molecule has 1 aliphatic rings. The summed E-state index contributed by atoms with van der Waals surface area (Å²) in [6.07, 6.45) is -1.26. The predicted molar refractivity (Wildman–Crippen MR) is 105 cm³/mol. The molecule has 4 rings (SSSR count). The number of rotatable bonds is 3. The Morgan fingerprint density at radius 2 is 1.97 bits per heavy atom. The van der Waals surface area contributed by atoms with Crippen LogP contribution in [0.15, 0.2) is 30.5 Å². The average molecular weight is 423 g/mol. The van der Waals surface area contributed by atoms with Gasteiger partial charge in [-0.05, 0) is 31.0 Å². The first-order chi connectivity index (χ1) is 13.7. The van der Waals surface area contributed by atoms with E-state index in [1.54, 1.807) is 42.0 Å². The Kier molecular flexibility index (Phi) is 4.97. The number of para-hydroxylation sites is 1. The summed E-state index contributed by atoms with van der Waals surface area (Å²) >= 11 is 1.27. The molecule has 3 heterocycles. The number of carbonyl (C=O) groups excluding carboxylic acids is 1. The van der Waals surface area contributed by atoms with Gasteiger partial charge in [0.2, 0.25) is 0 Å². The van der Waals surface area contributed by atoms with Crippen LogP contribution in [0.3, 0.4) is 0 Å². The fourth-order valence-corrected chi connectivity index (χ4v) is 4.67. The lowest BCUT2D eigenvalue weighted by Gasteiger charge is -2.36. The van der Waals surface area contributed by atoms with Gasteiger partial charge in [0.25, 0.3) is 5.91 Å². The van der Waals surface area contributed by atoms with Crippen molar-refractivity contribution in [2.24, 2.45) is 7.05 Å². The van der Waals surface area contributed by atoms with E-state index in [9.17, 15) is 18.0 Å². The summed E-state index contributed by atoms with van der Waals surface area (Å²) in [5.41, 5.74) is -0.291. The van der Waals surface area contributed by atoms with E-state index in [1.807, 2.05) is 4.90 Å². The van der Waals surface area contributed by atoms with Crippen molar-refractivity contribution in [1.29, 1.82) is 0 Å². The molecule has 29 heavy (non-hydrogen) atoms. The summed E-state index contributed by atoms with van der Waals surface area (Å²) < 4.78 is 41.8. The molecule has 0 atom stereocenters. The van der Waals surface area contributed by atoms with Crippen molar-refractivity contribution in [3.63, 3.8) is 0 Å². The fourth-order valence-electron chi connectivity index (χ4n) is 3.62. The van der Waals surface area contributed by atoms with E-state index in [-0.39, 0.29) is 17.5 Å². The zero-order valence-corrected chi connectivity index (χ0v) is 16.8. The number of aryl methyl sites for hydroxylation is 1. The zero-order chi connectivity index (χ0) is 20.8. The molecule has 1 saturated heterocycles. The highest BCUT2D eigenvalue weighted by Gasteiger charge is 2.34. The Bertz CT molecular complexity index is 1040. The van der Waals surface area contributed by atoms with E-state index in [0.717, 1.165) is 18.9 Å². The first-order valence-corrected chi connectivity index (χ1v) is 10.0. The third-order valence-corrected chi connectivity index (χ3v) is 6.33. The molecule has 0 bridgehead atoms. The number of carbonyl (C=O) groups is 1. The van der Waals surface area contributed by atoms with E-state index in [1.165, 1.54) is 17.4 Å². The van der Waals surface area contributed by atoms with Crippen LogP contribution in [-0.2, 0) is 13.2 Å². The number of piperidine rings is 1. The monoisotopic (exact) mass is 423 g/mol. The van der Waals surface area contributed by atoms with Gasteiger partial charge in [-0.25, -0.2) is 4.98 Å². The van der Waals surface area contributed by atoms with Crippen LogP contribution in [0.4, 0.5) is 18.3 Å². The number of hydrogen-bond acceptors (Lipinski definition) is 5. The standard InChI is InChI=1S/C19H20F3N5OS/c1-25-9-8-14(24-25)17(28)26(2)12-6-10-27(11-7-12)18-23-16-13(19(20,21)22)4-3-5-15(16)29-18/h3-5,8-9,12H,6-7,10-11H2,1-2H3. The molecular formula is C19H20F3N5OS. The predicted octanol–water partition coefficient (Wildman–Crippen LogP) is 3.79. The highest BCUT2D eigenvalue weighted by Crippen LogP contribution is 2.39. The third-order valence-electron chi connectivity index (χ3n) is 5.25. The second-order valence-corrected chi connectivity index (χ2v) is 8.16.